The lowest BCUT2D eigenvalue weighted by molar-refractivity contribution is -0.0131. The monoisotopic (exact) mass is 944 g/mol. The van der Waals surface area contributed by atoms with Crippen molar-refractivity contribution in [1.29, 1.82) is 0 Å². The third-order valence-corrected chi connectivity index (χ3v) is 45.6. The predicted molar refractivity (Wildman–Crippen MR) is 246 cm³/mol. The quantitative estimate of drug-likeness (QED) is 0.242. The van der Waals surface area contributed by atoms with Crippen LogP contribution in [0, 0.1) is 0 Å². The van der Waals surface area contributed by atoms with E-state index in [4.69, 9.17) is 55.9 Å². The van der Waals surface area contributed by atoms with Gasteiger partial charge in [0.2, 0.25) is 0 Å². The van der Waals surface area contributed by atoms with E-state index >= 15 is 0 Å². The van der Waals surface area contributed by atoms with Crippen LogP contribution in [0.3, 0.4) is 0 Å². The number of hydrogen-bond donors (Lipinski definition) is 0. The maximum atomic E-state index is 6.16. The fraction of sp³-hybridized carbons (Fsp3) is 1.00. The highest BCUT2D eigenvalue weighted by atomic mass is 28.5. The van der Waals surface area contributed by atoms with Gasteiger partial charge in [-0.25, -0.2) is 0 Å². The van der Waals surface area contributed by atoms with Gasteiger partial charge in [-0.05, 0) is 158 Å². The minimum Gasteiger partial charge on any atom is -0.461 e. The molecule has 2 rings (SSSR count). The summed E-state index contributed by atoms with van der Waals surface area (Å²) in [6, 6.07) is 0. The molecule has 0 aromatic heterocycles. The fourth-order valence-corrected chi connectivity index (χ4v) is 53.5. The van der Waals surface area contributed by atoms with Crippen molar-refractivity contribution in [2.75, 3.05) is 0 Å². The molecule has 0 aromatic carbocycles. The van der Waals surface area contributed by atoms with Gasteiger partial charge < -0.3 is 50.0 Å². The number of hydrogen-bond acceptors (Lipinski definition) is 12. The minimum absolute atomic E-state index is 0.144. The smallest absolute Gasteiger partial charge is 0.314 e. The maximum absolute atomic E-state index is 6.16. The molecule has 2 aliphatic rings. The molecule has 2 saturated heterocycles. The van der Waals surface area contributed by atoms with Crippen molar-refractivity contribution >= 4 is 115 Å². The molecule has 12 nitrogen and oxygen atoms in total. The van der Waals surface area contributed by atoms with Crippen LogP contribution in [0.4, 0.5) is 0 Å². The molecule has 2 unspecified atom stereocenters. The first-order valence-electron chi connectivity index (χ1n) is 20.2. The van der Waals surface area contributed by atoms with Crippen LogP contribution in [0.1, 0.15) is 12.9 Å². The summed E-state index contributed by atoms with van der Waals surface area (Å²) in [5, 5.41) is 0. The lowest BCUT2D eigenvalue weighted by atomic mass is 10.8. The van der Waals surface area contributed by atoms with E-state index < -0.39 is 115 Å². The van der Waals surface area contributed by atoms with E-state index in [1.165, 1.54) is 0 Å². The summed E-state index contributed by atoms with van der Waals surface area (Å²) in [4.78, 5) is 0. The van der Waals surface area contributed by atoms with Crippen molar-refractivity contribution in [3.8, 4) is 0 Å². The summed E-state index contributed by atoms with van der Waals surface area (Å²) < 4.78 is 90.6. The van der Waals surface area contributed by atoms with Gasteiger partial charge in [0, 0.05) is 5.94 Å². The molecule has 308 valence electrons. The average Bonchev–Trinajstić information content (AvgIpc) is 2.84. The van der Waals surface area contributed by atoms with Gasteiger partial charge >= 0.3 is 69.9 Å². The van der Waals surface area contributed by atoms with Gasteiger partial charge in [-0.2, -0.15) is 0 Å². The lowest BCUT2D eigenvalue weighted by Gasteiger charge is -2.46. The van der Waals surface area contributed by atoms with Crippen LogP contribution < -0.4 is 0 Å². The van der Waals surface area contributed by atoms with E-state index in [0.29, 0.717) is 0 Å². The van der Waals surface area contributed by atoms with Crippen LogP contribution in [0.25, 0.3) is 0 Å². The highest BCUT2D eigenvalue weighted by Gasteiger charge is 2.50. The van der Waals surface area contributed by atoms with Gasteiger partial charge in [0.1, 0.15) is 6.29 Å². The van der Waals surface area contributed by atoms with E-state index in [1.807, 2.05) is 26.6 Å². The Balaban J connectivity index is -0.000000308. The third kappa shape index (κ3) is 31.5. The van der Waals surface area contributed by atoms with Crippen LogP contribution >= 0.6 is 0 Å². The van der Waals surface area contributed by atoms with Crippen molar-refractivity contribution < 1.29 is 55.9 Å². The molecule has 2 fully saturated rings. The topological polar surface area (TPSA) is 111 Å². The summed E-state index contributed by atoms with van der Waals surface area (Å²) in [5.41, 5.74) is 0. The molecule has 0 bridgehead atoms. The Hall–Kier alpha value is 2.34. The van der Waals surface area contributed by atoms with Gasteiger partial charge in [-0.3, -0.25) is 0 Å². The summed E-state index contributed by atoms with van der Waals surface area (Å²) >= 11 is 0. The van der Waals surface area contributed by atoms with Crippen LogP contribution in [-0.2, 0) is 50.0 Å². The second-order valence-electron chi connectivity index (χ2n) is 16.3. The van der Waals surface area contributed by atoms with E-state index in [2.05, 4.69) is 131 Å². The van der Waals surface area contributed by atoms with Crippen LogP contribution in [-0.4, -0.2) is 122 Å². The van der Waals surface area contributed by atoms with Gasteiger partial charge in [0.05, 0.1) is 0 Å². The lowest BCUT2D eigenvalue weighted by Crippen LogP contribution is -2.64. The van der Waals surface area contributed by atoms with Gasteiger partial charge in [-0.1, -0.05) is 0 Å². The Labute approximate surface area is 333 Å². The van der Waals surface area contributed by atoms with Gasteiger partial charge in [-0.15, -0.1) is 0 Å². The molecule has 0 N–H and O–H groups in total. The van der Waals surface area contributed by atoms with E-state index in [0.717, 1.165) is 0 Å². The largest absolute Gasteiger partial charge is 0.461 e. The van der Waals surface area contributed by atoms with Crippen molar-refractivity contribution in [3.63, 3.8) is 0 Å². The Kier molecular flexibility index (Phi) is 23.7. The molecule has 2 heterocycles. The Bertz CT molecular complexity index is 814. The van der Waals surface area contributed by atoms with Gasteiger partial charge in [0.25, 0.3) is 9.28 Å². The average molecular weight is 946 g/mol. The fourth-order valence-electron chi connectivity index (χ4n) is 5.98. The molecule has 25 heteroatoms. The Morgan fingerprint density at radius 2 is 0.780 bits per heavy atom. The van der Waals surface area contributed by atoms with Crippen LogP contribution in [0.5, 0.6) is 0 Å². The van der Waals surface area contributed by atoms with E-state index in [1.54, 1.807) is 0 Å². The SMILES string of the molecule is CC1O[SiH](C)O[SiH](C)O[SiH](C)O1.C[SiH](C)O[SiH](C)C.C[SiH](C)O[Si](C)(C)O[Si](C)(C)O[SiH](C)C.C[Si]1(C)O[Si](C)(C)O[Si](C)(C)O[Si](C)(C)O1.[2H][2H].[2H][2H]. The second-order valence-corrected chi connectivity index (χ2v) is 54.7. The molecular weight excluding hydrogens is 857 g/mol. The zero-order valence-corrected chi connectivity index (χ0v) is 50.6. The molecule has 0 amide bonds. The first-order valence-corrected chi connectivity index (χ1v) is 52.5. The standard InChI is InChI=1S/C8H24O4Si4.C8H26O3Si4.C5H16O4Si3.C4H14OSi2.2H2/c1-13(2)9-14(3,4)11-16(7,8)12-15(5,6)10-13;1-12(2)9-14(5,6)11-15(7,8)10-13(3)4;1-5-6-10(2)8-12(4)9-11(3)7-5;1-6(2)5-7(3)4;;/h1-8H3;12-13H,1-8H3;5,10-12H,1-4H3;6-7H,1-4H3;2*1H/i;;;;2*1+1D. The first-order chi connectivity index (χ1) is 24.1. The molecule has 2 atom stereocenters. The highest BCUT2D eigenvalue weighted by Crippen LogP contribution is 2.30. The van der Waals surface area contributed by atoms with E-state index in [-0.39, 0.29) is 6.29 Å². The molecule has 0 spiro atoms. The maximum Gasteiger partial charge on any atom is 0.314 e. The Morgan fingerprint density at radius 3 is 0.980 bits per heavy atom. The zero-order chi connectivity index (χ0) is 44.1. The summed E-state index contributed by atoms with van der Waals surface area (Å²) in [7, 11) is -20.1. The normalized spacial score (nSPS) is 27.0. The second kappa shape index (κ2) is 23.5. The van der Waals surface area contributed by atoms with Gasteiger partial charge in [0.15, 0.2) is 36.2 Å². The summed E-state index contributed by atoms with van der Waals surface area (Å²) in [6.07, 6.45) is -0.144. The predicted octanol–water partition coefficient (Wildman–Crippen LogP) is 6.71. The minimum atomic E-state index is -2.11. The molecule has 0 saturated carbocycles. The molecule has 0 aliphatic carbocycles. The van der Waals surface area contributed by atoms with E-state index in [9.17, 15) is 0 Å². The molecule has 0 aromatic rings. The number of rotatable bonds is 8. The molecule has 2 aliphatic heterocycles. The molecular formula is C25H84O12Si13. The van der Waals surface area contributed by atoms with Crippen LogP contribution in [0.2, 0.25) is 151 Å². The van der Waals surface area contributed by atoms with Crippen molar-refractivity contribution in [2.24, 2.45) is 0 Å². The van der Waals surface area contributed by atoms with Crippen LogP contribution in [0.15, 0.2) is 0 Å². The first kappa shape index (κ1) is 50.4. The highest BCUT2D eigenvalue weighted by molar-refractivity contribution is 6.92. The third-order valence-electron chi connectivity index (χ3n) is 5.57. The summed E-state index contributed by atoms with van der Waals surface area (Å²) in [5.74, 6) is 0. The Morgan fingerprint density at radius 1 is 0.520 bits per heavy atom. The molecule has 50 heavy (non-hydrogen) atoms. The summed E-state index contributed by atoms with van der Waals surface area (Å²) in [6.45, 7) is 50.6. The van der Waals surface area contributed by atoms with Crippen molar-refractivity contribution in [1.82, 2.24) is 0 Å². The van der Waals surface area contributed by atoms with Crippen molar-refractivity contribution in [3.05, 3.63) is 0 Å². The molecule has 0 radical (unpaired) electrons. The van der Waals surface area contributed by atoms with Crippen molar-refractivity contribution in [2.45, 2.75) is 164 Å². The zero-order valence-electron chi connectivity index (χ0n) is 40.5.